The fourth-order valence-corrected chi connectivity index (χ4v) is 2.10. The fraction of sp³-hybridized carbons (Fsp3) is 0.375. The van der Waals surface area contributed by atoms with Crippen LogP contribution in [0, 0.1) is 0 Å². The van der Waals surface area contributed by atoms with Crippen molar-refractivity contribution in [1.29, 1.82) is 0 Å². The zero-order chi connectivity index (χ0) is 14.5. The average molecular weight is 284 g/mol. The Morgan fingerprint density at radius 2 is 1.90 bits per heavy atom. The molecule has 0 spiro atoms. The minimum absolute atomic E-state index is 0.604. The molecule has 0 atom stereocenters. The number of benzene rings is 1. The maximum atomic E-state index is 5.15. The quantitative estimate of drug-likeness (QED) is 0.818. The second-order valence-corrected chi connectivity index (χ2v) is 5.23. The Hall–Kier alpha value is -2.30. The number of methoxy groups -OCH3 is 1. The standard InChI is InChI=1S/C16H20N4O/c1-21-14-6-2-12(3-7-14)8-9-17-15-10-16(19-11-18-15)20-13-4-5-13/h2-3,6-7,10-11,13H,4-5,8-9H2,1H3,(H2,17,18,19,20). The molecule has 0 aliphatic heterocycles. The summed E-state index contributed by atoms with van der Waals surface area (Å²) in [5.74, 6) is 2.65. The Labute approximate surface area is 124 Å². The van der Waals surface area contributed by atoms with Crippen molar-refractivity contribution in [3.05, 3.63) is 42.2 Å². The Morgan fingerprint density at radius 1 is 1.14 bits per heavy atom. The molecule has 2 N–H and O–H groups in total. The highest BCUT2D eigenvalue weighted by molar-refractivity contribution is 5.47. The first kappa shape index (κ1) is 13.7. The molecule has 1 aliphatic carbocycles. The molecule has 5 heteroatoms. The first-order valence-corrected chi connectivity index (χ1v) is 7.29. The van der Waals surface area contributed by atoms with Gasteiger partial charge in [-0.05, 0) is 37.0 Å². The fourth-order valence-electron chi connectivity index (χ4n) is 2.10. The van der Waals surface area contributed by atoms with Crippen LogP contribution in [0.5, 0.6) is 5.75 Å². The van der Waals surface area contributed by atoms with E-state index < -0.39 is 0 Å². The third-order valence-corrected chi connectivity index (χ3v) is 3.48. The molecule has 0 bridgehead atoms. The van der Waals surface area contributed by atoms with E-state index in [9.17, 15) is 0 Å². The summed E-state index contributed by atoms with van der Waals surface area (Å²) in [5, 5.41) is 6.71. The molecule has 0 radical (unpaired) electrons. The highest BCUT2D eigenvalue weighted by Crippen LogP contribution is 2.24. The first-order valence-electron chi connectivity index (χ1n) is 7.29. The Kier molecular flexibility index (Phi) is 4.19. The molecule has 1 aromatic carbocycles. The van der Waals surface area contributed by atoms with Crippen molar-refractivity contribution in [3.8, 4) is 5.75 Å². The molecule has 1 aliphatic rings. The Morgan fingerprint density at radius 3 is 2.62 bits per heavy atom. The van der Waals surface area contributed by atoms with Crippen LogP contribution in [-0.2, 0) is 6.42 Å². The lowest BCUT2D eigenvalue weighted by molar-refractivity contribution is 0.414. The van der Waals surface area contributed by atoms with Gasteiger partial charge in [0.25, 0.3) is 0 Å². The van der Waals surface area contributed by atoms with Crippen molar-refractivity contribution >= 4 is 11.6 Å². The third kappa shape index (κ3) is 4.08. The number of rotatable bonds is 7. The van der Waals surface area contributed by atoms with E-state index in [1.54, 1.807) is 13.4 Å². The lowest BCUT2D eigenvalue weighted by Gasteiger charge is -2.08. The van der Waals surface area contributed by atoms with Crippen molar-refractivity contribution in [3.63, 3.8) is 0 Å². The van der Waals surface area contributed by atoms with Gasteiger partial charge in [0.1, 0.15) is 23.7 Å². The van der Waals surface area contributed by atoms with Gasteiger partial charge in [0.05, 0.1) is 7.11 Å². The normalized spacial score (nSPS) is 13.8. The molecule has 1 heterocycles. The summed E-state index contributed by atoms with van der Waals surface area (Å²) in [5.41, 5.74) is 1.27. The topological polar surface area (TPSA) is 59.1 Å². The van der Waals surface area contributed by atoms with Crippen LogP contribution in [0.1, 0.15) is 18.4 Å². The summed E-state index contributed by atoms with van der Waals surface area (Å²) in [6, 6.07) is 10.7. The Bertz CT molecular complexity index is 581. The molecule has 0 saturated heterocycles. The summed E-state index contributed by atoms with van der Waals surface area (Å²) >= 11 is 0. The predicted molar refractivity (Wildman–Crippen MR) is 83.9 cm³/mol. The van der Waals surface area contributed by atoms with Crippen LogP contribution in [-0.4, -0.2) is 29.7 Å². The average Bonchev–Trinajstić information content (AvgIpc) is 3.32. The van der Waals surface area contributed by atoms with Gasteiger partial charge in [-0.3, -0.25) is 0 Å². The van der Waals surface area contributed by atoms with Gasteiger partial charge in [-0.1, -0.05) is 12.1 Å². The summed E-state index contributed by atoms with van der Waals surface area (Å²) < 4.78 is 5.15. The van der Waals surface area contributed by atoms with E-state index in [-0.39, 0.29) is 0 Å². The predicted octanol–water partition coefficient (Wildman–Crippen LogP) is 2.71. The van der Waals surface area contributed by atoms with E-state index in [1.807, 2.05) is 18.2 Å². The molecule has 0 unspecified atom stereocenters. The molecule has 3 rings (SSSR count). The second kappa shape index (κ2) is 6.43. The SMILES string of the molecule is COc1ccc(CCNc2cc(NC3CC3)ncn2)cc1. The number of nitrogens with one attached hydrogen (secondary N) is 2. The smallest absolute Gasteiger partial charge is 0.131 e. The molecule has 0 amide bonds. The zero-order valence-corrected chi connectivity index (χ0v) is 12.2. The highest BCUT2D eigenvalue weighted by Gasteiger charge is 2.21. The van der Waals surface area contributed by atoms with Crippen LogP contribution < -0.4 is 15.4 Å². The first-order chi connectivity index (χ1) is 10.3. The van der Waals surface area contributed by atoms with Crippen molar-refractivity contribution in [2.24, 2.45) is 0 Å². The molecule has 1 fully saturated rings. The molecule has 5 nitrogen and oxygen atoms in total. The summed E-state index contributed by atoms with van der Waals surface area (Å²) in [6.45, 7) is 0.839. The van der Waals surface area contributed by atoms with E-state index in [0.29, 0.717) is 6.04 Å². The van der Waals surface area contributed by atoms with E-state index >= 15 is 0 Å². The van der Waals surface area contributed by atoms with E-state index in [0.717, 1.165) is 30.4 Å². The van der Waals surface area contributed by atoms with E-state index in [2.05, 4.69) is 32.7 Å². The van der Waals surface area contributed by atoms with Crippen LogP contribution in [0.3, 0.4) is 0 Å². The number of anilines is 2. The van der Waals surface area contributed by atoms with Gasteiger partial charge >= 0.3 is 0 Å². The summed E-state index contributed by atoms with van der Waals surface area (Å²) in [4.78, 5) is 8.47. The lowest BCUT2D eigenvalue weighted by atomic mass is 10.1. The molecule has 1 saturated carbocycles. The van der Waals surface area contributed by atoms with Gasteiger partial charge in [0.2, 0.25) is 0 Å². The summed E-state index contributed by atoms with van der Waals surface area (Å²) in [6.07, 6.45) is 5.02. The molecule has 21 heavy (non-hydrogen) atoms. The van der Waals surface area contributed by atoms with Crippen LogP contribution in [0.2, 0.25) is 0 Å². The van der Waals surface area contributed by atoms with Crippen molar-refractivity contribution in [2.75, 3.05) is 24.3 Å². The van der Waals surface area contributed by atoms with Crippen LogP contribution >= 0.6 is 0 Å². The van der Waals surface area contributed by atoms with Gasteiger partial charge in [-0.2, -0.15) is 0 Å². The number of aromatic nitrogens is 2. The maximum absolute atomic E-state index is 5.15. The molecule has 2 aromatic rings. The molecular formula is C16H20N4O. The van der Waals surface area contributed by atoms with Crippen LogP contribution in [0.25, 0.3) is 0 Å². The molecular weight excluding hydrogens is 264 g/mol. The molecule has 1 aromatic heterocycles. The van der Waals surface area contributed by atoms with Gasteiger partial charge in [-0.15, -0.1) is 0 Å². The van der Waals surface area contributed by atoms with Crippen LogP contribution in [0.15, 0.2) is 36.7 Å². The number of nitrogens with zero attached hydrogens (tertiary/aromatic N) is 2. The largest absolute Gasteiger partial charge is 0.497 e. The van der Waals surface area contributed by atoms with Crippen molar-refractivity contribution in [1.82, 2.24) is 9.97 Å². The monoisotopic (exact) mass is 284 g/mol. The van der Waals surface area contributed by atoms with Gasteiger partial charge < -0.3 is 15.4 Å². The summed E-state index contributed by atoms with van der Waals surface area (Å²) in [7, 11) is 1.68. The second-order valence-electron chi connectivity index (χ2n) is 5.23. The minimum atomic E-state index is 0.604. The number of hydrogen-bond donors (Lipinski definition) is 2. The van der Waals surface area contributed by atoms with Crippen molar-refractivity contribution < 1.29 is 4.74 Å². The minimum Gasteiger partial charge on any atom is -0.497 e. The number of ether oxygens (including phenoxy) is 1. The van der Waals surface area contributed by atoms with Gasteiger partial charge in [0, 0.05) is 18.7 Å². The molecule has 110 valence electrons. The lowest BCUT2D eigenvalue weighted by Crippen LogP contribution is -2.08. The Balaban J connectivity index is 1.49. The van der Waals surface area contributed by atoms with Crippen molar-refractivity contribution in [2.45, 2.75) is 25.3 Å². The number of hydrogen-bond acceptors (Lipinski definition) is 5. The van der Waals surface area contributed by atoms with E-state index in [1.165, 1.54) is 18.4 Å². The third-order valence-electron chi connectivity index (χ3n) is 3.48. The zero-order valence-electron chi connectivity index (χ0n) is 12.2. The van der Waals surface area contributed by atoms with Crippen LogP contribution in [0.4, 0.5) is 11.6 Å². The highest BCUT2D eigenvalue weighted by atomic mass is 16.5. The van der Waals surface area contributed by atoms with Gasteiger partial charge in [-0.25, -0.2) is 9.97 Å². The maximum Gasteiger partial charge on any atom is 0.131 e. The van der Waals surface area contributed by atoms with E-state index in [4.69, 9.17) is 4.74 Å². The van der Waals surface area contributed by atoms with Gasteiger partial charge in [0.15, 0.2) is 0 Å².